The molecule has 10 heteroatoms. The number of alkyl halides is 1. The smallest absolute Gasteiger partial charge is 0.165 e. The lowest BCUT2D eigenvalue weighted by Crippen LogP contribution is -2.33. The lowest BCUT2D eigenvalue weighted by atomic mass is 10.1. The average molecular weight is 420 g/mol. The van der Waals surface area contributed by atoms with Gasteiger partial charge in [0.15, 0.2) is 19.7 Å². The molecule has 5 nitrogen and oxygen atoms in total. The predicted molar refractivity (Wildman–Crippen MR) is 88.4 cm³/mol. The van der Waals surface area contributed by atoms with Gasteiger partial charge in [0.05, 0.1) is 28.0 Å². The van der Waals surface area contributed by atoms with Gasteiger partial charge >= 0.3 is 0 Å². The van der Waals surface area contributed by atoms with E-state index in [0.717, 1.165) is 4.38 Å². The molecule has 3 rings (SSSR count). The number of hydrogen-bond acceptors (Lipinski definition) is 7. The van der Waals surface area contributed by atoms with Gasteiger partial charge in [-0.3, -0.25) is 4.99 Å². The molecule has 0 bridgehead atoms. The van der Waals surface area contributed by atoms with Crippen LogP contribution < -0.4 is 0 Å². The van der Waals surface area contributed by atoms with E-state index in [2.05, 4.69) is 20.9 Å². The van der Waals surface area contributed by atoms with Crippen LogP contribution in [0, 0.1) is 0 Å². The maximum Gasteiger partial charge on any atom is 0.165 e. The highest BCUT2D eigenvalue weighted by Crippen LogP contribution is 2.57. The highest BCUT2D eigenvalue weighted by Gasteiger charge is 2.60. The molecule has 0 unspecified atom stereocenters. The molecule has 0 spiro atoms. The van der Waals surface area contributed by atoms with Gasteiger partial charge in [-0.25, -0.2) is 16.8 Å². The molecule has 3 heterocycles. The number of fused-ring (bicyclic) bond motifs is 1. The number of halogens is 1. The Hall–Kier alpha value is 0.750. The quantitative estimate of drug-likeness (QED) is 0.595. The minimum absolute atomic E-state index is 0.0152. The van der Waals surface area contributed by atoms with Crippen LogP contribution in [0.2, 0.25) is 0 Å². The standard InChI is InChI=1S/C10H14BrNO4S4/c1-10-7(5-20(15,16)8(10)11)17-9(18-10)12-6-2-3-19(13,14)4-6/h6-8H,2-5H2,1H3/t6-,7+,8-,10+/m1/s1. The number of hydrogen-bond donors (Lipinski definition) is 0. The van der Waals surface area contributed by atoms with Crippen LogP contribution in [0.25, 0.3) is 0 Å². The number of aliphatic imine (C=N–C) groups is 1. The monoisotopic (exact) mass is 419 g/mol. The van der Waals surface area contributed by atoms with Crippen molar-refractivity contribution < 1.29 is 16.8 Å². The third-order valence-corrected chi connectivity index (χ3v) is 14.0. The molecule has 3 saturated heterocycles. The fraction of sp³-hybridized carbons (Fsp3) is 0.900. The van der Waals surface area contributed by atoms with Crippen LogP contribution in [0.5, 0.6) is 0 Å². The van der Waals surface area contributed by atoms with E-state index in [9.17, 15) is 16.8 Å². The molecule has 3 fully saturated rings. The van der Waals surface area contributed by atoms with E-state index in [4.69, 9.17) is 0 Å². The van der Waals surface area contributed by atoms with Crippen LogP contribution in [0.15, 0.2) is 4.99 Å². The van der Waals surface area contributed by atoms with Crippen LogP contribution in [-0.4, -0.2) is 58.7 Å². The molecule has 0 aromatic rings. The number of nitrogens with zero attached hydrogens (tertiary/aromatic N) is 1. The molecule has 0 amide bonds. The largest absolute Gasteiger partial charge is 0.267 e. The van der Waals surface area contributed by atoms with Crippen molar-refractivity contribution in [3.63, 3.8) is 0 Å². The summed E-state index contributed by atoms with van der Waals surface area (Å²) in [7, 11) is -6.02. The lowest BCUT2D eigenvalue weighted by molar-refractivity contribution is 0.598. The molecule has 0 saturated carbocycles. The Kier molecular flexibility index (Phi) is 3.81. The Morgan fingerprint density at radius 1 is 1.30 bits per heavy atom. The number of sulfone groups is 2. The summed E-state index contributed by atoms with van der Waals surface area (Å²) in [5.41, 5.74) is 0. The zero-order valence-corrected chi connectivity index (χ0v) is 15.5. The zero-order chi connectivity index (χ0) is 14.8. The fourth-order valence-corrected chi connectivity index (χ4v) is 12.0. The van der Waals surface area contributed by atoms with Gasteiger partial charge in [0.25, 0.3) is 0 Å². The predicted octanol–water partition coefficient (Wildman–Crippen LogP) is 1.29. The normalized spacial score (nSPS) is 47.7. The first-order valence-corrected chi connectivity index (χ1v) is 12.3. The molecule has 3 aliphatic rings. The van der Waals surface area contributed by atoms with E-state index >= 15 is 0 Å². The van der Waals surface area contributed by atoms with Gasteiger partial charge in [-0.15, -0.1) is 0 Å². The maximum atomic E-state index is 11.9. The summed E-state index contributed by atoms with van der Waals surface area (Å²) in [4.78, 5) is 4.53. The van der Waals surface area contributed by atoms with Crippen molar-refractivity contribution >= 4 is 63.5 Å². The average Bonchev–Trinajstić information content (AvgIpc) is 2.84. The summed E-state index contributed by atoms with van der Waals surface area (Å²) in [6, 6.07) is -0.164. The Morgan fingerprint density at radius 2 is 2.00 bits per heavy atom. The zero-order valence-electron chi connectivity index (χ0n) is 10.7. The molecule has 0 N–H and O–H groups in total. The lowest BCUT2D eigenvalue weighted by Gasteiger charge is -2.22. The Bertz CT molecular complexity index is 673. The SMILES string of the molecule is C[C@]12SC(=N[C@@H]3CCS(=O)(=O)C3)S[C@H]1CS(=O)(=O)[C@H]2Br. The second-order valence-corrected chi connectivity index (χ2v) is 14.3. The molecule has 0 aliphatic carbocycles. The summed E-state index contributed by atoms with van der Waals surface area (Å²) < 4.78 is 46.6. The van der Waals surface area contributed by atoms with Crippen molar-refractivity contribution in [2.75, 3.05) is 17.3 Å². The summed E-state index contributed by atoms with van der Waals surface area (Å²) in [5.74, 6) is 0.480. The Balaban J connectivity index is 1.79. The van der Waals surface area contributed by atoms with E-state index < -0.39 is 28.6 Å². The van der Waals surface area contributed by atoms with Gasteiger partial charge in [-0.05, 0) is 13.3 Å². The van der Waals surface area contributed by atoms with Gasteiger partial charge in [-0.1, -0.05) is 39.5 Å². The van der Waals surface area contributed by atoms with Gasteiger partial charge in [-0.2, -0.15) is 0 Å². The van der Waals surface area contributed by atoms with Crippen LogP contribution in [0.3, 0.4) is 0 Å². The molecule has 114 valence electrons. The first-order chi connectivity index (χ1) is 9.12. The Morgan fingerprint density at radius 3 is 2.55 bits per heavy atom. The molecule has 4 atom stereocenters. The molecule has 0 radical (unpaired) electrons. The van der Waals surface area contributed by atoms with Crippen LogP contribution in [0.4, 0.5) is 0 Å². The van der Waals surface area contributed by atoms with E-state index in [0.29, 0.717) is 6.42 Å². The number of rotatable bonds is 1. The van der Waals surface area contributed by atoms with Crippen molar-refractivity contribution in [3.8, 4) is 0 Å². The fourth-order valence-electron chi connectivity index (χ4n) is 2.64. The molecule has 20 heavy (non-hydrogen) atoms. The van der Waals surface area contributed by atoms with Crippen molar-refractivity contribution in [3.05, 3.63) is 0 Å². The maximum absolute atomic E-state index is 11.9. The third kappa shape index (κ3) is 2.59. The summed E-state index contributed by atoms with van der Waals surface area (Å²) in [6.45, 7) is 1.94. The van der Waals surface area contributed by atoms with Crippen molar-refractivity contribution in [2.45, 2.75) is 33.5 Å². The van der Waals surface area contributed by atoms with Crippen molar-refractivity contribution in [1.82, 2.24) is 0 Å². The van der Waals surface area contributed by atoms with Crippen molar-refractivity contribution in [2.24, 2.45) is 4.99 Å². The van der Waals surface area contributed by atoms with Gasteiger partial charge in [0, 0.05) is 5.25 Å². The van der Waals surface area contributed by atoms with Crippen LogP contribution in [0.1, 0.15) is 13.3 Å². The summed E-state index contributed by atoms with van der Waals surface area (Å²) >= 11 is 6.26. The minimum atomic E-state index is -3.09. The topological polar surface area (TPSA) is 80.6 Å². The molecule has 0 aromatic heterocycles. The van der Waals surface area contributed by atoms with Gasteiger partial charge in [0.1, 0.15) is 8.53 Å². The second-order valence-electron chi connectivity index (χ2n) is 5.49. The van der Waals surface area contributed by atoms with E-state index in [-0.39, 0.29) is 28.6 Å². The molecular formula is C10H14BrNO4S4. The first-order valence-electron chi connectivity index (χ1n) is 6.12. The van der Waals surface area contributed by atoms with Crippen LogP contribution in [-0.2, 0) is 19.7 Å². The highest BCUT2D eigenvalue weighted by atomic mass is 79.9. The summed E-state index contributed by atoms with van der Waals surface area (Å²) in [5, 5.41) is -0.0152. The third-order valence-electron chi connectivity index (χ3n) is 3.84. The molecular weight excluding hydrogens is 406 g/mol. The molecule has 3 aliphatic heterocycles. The van der Waals surface area contributed by atoms with E-state index in [1.165, 1.54) is 23.5 Å². The first kappa shape index (κ1) is 15.6. The second kappa shape index (κ2) is 4.87. The Labute approximate surface area is 135 Å². The molecule has 0 aromatic carbocycles. The summed E-state index contributed by atoms with van der Waals surface area (Å²) in [6.07, 6.45) is 0.574. The number of thioether (sulfide) groups is 2. The van der Waals surface area contributed by atoms with E-state index in [1.807, 2.05) is 6.92 Å². The van der Waals surface area contributed by atoms with Gasteiger partial charge in [0.2, 0.25) is 0 Å². The minimum Gasteiger partial charge on any atom is -0.267 e. The van der Waals surface area contributed by atoms with Crippen molar-refractivity contribution in [1.29, 1.82) is 0 Å². The highest BCUT2D eigenvalue weighted by molar-refractivity contribution is 9.11. The van der Waals surface area contributed by atoms with E-state index in [1.54, 1.807) is 0 Å². The van der Waals surface area contributed by atoms with Gasteiger partial charge < -0.3 is 0 Å². The van der Waals surface area contributed by atoms with Crippen LogP contribution >= 0.6 is 39.5 Å².